The topological polar surface area (TPSA) is 72.8 Å². The van der Waals surface area contributed by atoms with Crippen LogP contribution in [0.4, 0.5) is 0 Å². The van der Waals surface area contributed by atoms with E-state index in [1.807, 2.05) is 0 Å². The summed E-state index contributed by atoms with van der Waals surface area (Å²) in [6, 6.07) is 3.18. The van der Waals surface area contributed by atoms with Gasteiger partial charge in [-0.2, -0.15) is 0 Å². The molecule has 0 aliphatic carbocycles. The number of aliphatic hydroxyl groups is 1. The third kappa shape index (κ3) is 3.86. The van der Waals surface area contributed by atoms with Crippen molar-refractivity contribution >= 4 is 25.8 Å². The van der Waals surface area contributed by atoms with Crippen LogP contribution < -0.4 is 9.47 Å². The van der Waals surface area contributed by atoms with Gasteiger partial charge in [-0.1, -0.05) is 0 Å². The molecule has 0 amide bonds. The molecule has 102 valence electrons. The average molecular weight is 339 g/mol. The molecule has 5 nitrogen and oxygen atoms in total. The van der Waals surface area contributed by atoms with E-state index in [4.69, 9.17) is 9.47 Å². The van der Waals surface area contributed by atoms with Crippen molar-refractivity contribution in [3.63, 3.8) is 0 Å². The summed E-state index contributed by atoms with van der Waals surface area (Å²) in [6.07, 6.45) is -0.0874. The van der Waals surface area contributed by atoms with Crippen LogP contribution in [0, 0.1) is 0 Å². The molecular formula is C11H15BrO5S. The van der Waals surface area contributed by atoms with E-state index in [1.165, 1.54) is 14.2 Å². The van der Waals surface area contributed by atoms with Gasteiger partial charge in [0.15, 0.2) is 0 Å². The van der Waals surface area contributed by atoms with Crippen molar-refractivity contribution in [2.24, 2.45) is 0 Å². The van der Waals surface area contributed by atoms with Gasteiger partial charge >= 0.3 is 0 Å². The molecule has 1 N–H and O–H groups in total. The minimum Gasteiger partial charge on any atom is -0.496 e. The molecule has 0 aromatic heterocycles. The highest BCUT2D eigenvalue weighted by Gasteiger charge is 2.20. The Labute approximate surface area is 115 Å². The summed E-state index contributed by atoms with van der Waals surface area (Å²) in [7, 11) is -0.350. The van der Waals surface area contributed by atoms with Crippen LogP contribution in [0.25, 0.3) is 0 Å². The van der Waals surface area contributed by atoms with Crippen LogP contribution in [0.3, 0.4) is 0 Å². The lowest BCUT2D eigenvalue weighted by Crippen LogP contribution is -2.13. The zero-order valence-corrected chi connectivity index (χ0v) is 12.7. The highest BCUT2D eigenvalue weighted by atomic mass is 79.9. The Morgan fingerprint density at radius 1 is 1.28 bits per heavy atom. The summed E-state index contributed by atoms with van der Waals surface area (Å²) in [5.74, 6) is 0.533. The van der Waals surface area contributed by atoms with Gasteiger partial charge in [0, 0.05) is 11.8 Å². The lowest BCUT2D eigenvalue weighted by Gasteiger charge is -2.16. The lowest BCUT2D eigenvalue weighted by molar-refractivity contribution is 0.196. The van der Waals surface area contributed by atoms with Crippen LogP contribution in [0.5, 0.6) is 11.5 Å². The Morgan fingerprint density at radius 2 is 1.83 bits per heavy atom. The number of sulfone groups is 1. The second kappa shape index (κ2) is 5.90. The first kappa shape index (κ1) is 15.3. The van der Waals surface area contributed by atoms with E-state index < -0.39 is 15.9 Å². The molecule has 7 heteroatoms. The van der Waals surface area contributed by atoms with Gasteiger partial charge in [0.2, 0.25) is 0 Å². The van der Waals surface area contributed by atoms with Gasteiger partial charge in [0.25, 0.3) is 0 Å². The molecule has 18 heavy (non-hydrogen) atoms. The van der Waals surface area contributed by atoms with Crippen molar-refractivity contribution < 1.29 is 23.0 Å². The molecule has 0 spiro atoms. The quantitative estimate of drug-likeness (QED) is 0.881. The predicted octanol–water partition coefficient (Wildman–Crippen LogP) is 1.54. The number of benzene rings is 1. The number of hydrogen-bond donors (Lipinski definition) is 1. The first-order valence-electron chi connectivity index (χ1n) is 5.05. The summed E-state index contributed by atoms with van der Waals surface area (Å²) in [5.41, 5.74) is 0.378. The molecule has 1 rings (SSSR count). The highest BCUT2D eigenvalue weighted by molar-refractivity contribution is 9.10. The van der Waals surface area contributed by atoms with Gasteiger partial charge in [-0.05, 0) is 28.1 Å². The number of hydrogen-bond acceptors (Lipinski definition) is 5. The largest absolute Gasteiger partial charge is 0.496 e. The van der Waals surface area contributed by atoms with E-state index in [0.717, 1.165) is 6.26 Å². The molecule has 0 saturated carbocycles. The highest BCUT2D eigenvalue weighted by Crippen LogP contribution is 2.36. The van der Waals surface area contributed by atoms with Crippen molar-refractivity contribution in [1.29, 1.82) is 0 Å². The maximum absolute atomic E-state index is 11.2. The van der Waals surface area contributed by atoms with Gasteiger partial charge < -0.3 is 14.6 Å². The smallest absolute Gasteiger partial charge is 0.150 e. The van der Waals surface area contributed by atoms with E-state index in [0.29, 0.717) is 21.5 Å². The molecule has 0 heterocycles. The van der Waals surface area contributed by atoms with Crippen LogP contribution in [0.15, 0.2) is 16.6 Å². The van der Waals surface area contributed by atoms with Crippen LogP contribution in [0.2, 0.25) is 0 Å². The molecule has 0 saturated heterocycles. The molecule has 1 unspecified atom stereocenters. The van der Waals surface area contributed by atoms with Gasteiger partial charge in [-0.25, -0.2) is 8.42 Å². The molecule has 0 aliphatic heterocycles. The summed E-state index contributed by atoms with van der Waals surface area (Å²) in [5, 5.41) is 9.95. The zero-order chi connectivity index (χ0) is 13.9. The fraction of sp³-hybridized carbons (Fsp3) is 0.455. The molecule has 0 radical (unpaired) electrons. The summed E-state index contributed by atoms with van der Waals surface area (Å²) < 4.78 is 33.3. The summed E-state index contributed by atoms with van der Waals surface area (Å²) >= 11 is 3.29. The average Bonchev–Trinajstić information content (AvgIpc) is 2.26. The van der Waals surface area contributed by atoms with Crippen LogP contribution >= 0.6 is 15.9 Å². The van der Waals surface area contributed by atoms with Crippen molar-refractivity contribution in [2.45, 2.75) is 6.10 Å². The maximum atomic E-state index is 11.2. The minimum atomic E-state index is -3.28. The summed E-state index contributed by atoms with van der Waals surface area (Å²) in [4.78, 5) is 0. The standard InChI is InChI=1S/C11H15BrO5S/c1-16-10-5-8(12)11(17-2)4-7(10)9(13)6-18(3,14)15/h4-5,9,13H,6H2,1-3H3. The molecular weight excluding hydrogens is 324 g/mol. The van der Waals surface area contributed by atoms with Crippen molar-refractivity contribution in [3.8, 4) is 11.5 Å². The second-order valence-corrected chi connectivity index (χ2v) is 6.88. The van der Waals surface area contributed by atoms with Gasteiger partial charge in [-0.3, -0.25) is 0 Å². The first-order chi connectivity index (χ1) is 8.28. The van der Waals surface area contributed by atoms with E-state index >= 15 is 0 Å². The number of rotatable bonds is 5. The third-order valence-corrected chi connectivity index (χ3v) is 3.86. The van der Waals surface area contributed by atoms with E-state index in [-0.39, 0.29) is 5.75 Å². The Hall–Kier alpha value is -0.790. The molecule has 1 aromatic rings. The Bertz CT molecular complexity index is 526. The number of aliphatic hydroxyl groups excluding tert-OH is 1. The number of methoxy groups -OCH3 is 2. The summed E-state index contributed by atoms with van der Waals surface area (Å²) in [6.45, 7) is 0. The first-order valence-corrected chi connectivity index (χ1v) is 7.91. The Balaban J connectivity index is 3.21. The Kier molecular flexibility index (Phi) is 5.01. The molecule has 0 fully saturated rings. The van der Waals surface area contributed by atoms with Gasteiger partial charge in [-0.15, -0.1) is 0 Å². The second-order valence-electron chi connectivity index (χ2n) is 3.84. The van der Waals surface area contributed by atoms with E-state index in [1.54, 1.807) is 12.1 Å². The monoisotopic (exact) mass is 338 g/mol. The number of ether oxygens (including phenoxy) is 2. The van der Waals surface area contributed by atoms with E-state index in [2.05, 4.69) is 15.9 Å². The predicted molar refractivity (Wildman–Crippen MR) is 71.9 cm³/mol. The molecule has 0 bridgehead atoms. The minimum absolute atomic E-state index is 0.367. The lowest BCUT2D eigenvalue weighted by atomic mass is 10.1. The molecule has 1 aromatic carbocycles. The third-order valence-electron chi connectivity index (χ3n) is 2.32. The normalized spacial score (nSPS) is 13.2. The van der Waals surface area contributed by atoms with Crippen LogP contribution in [-0.2, 0) is 9.84 Å². The fourth-order valence-corrected chi connectivity index (χ4v) is 2.76. The van der Waals surface area contributed by atoms with Crippen molar-refractivity contribution in [2.75, 3.05) is 26.2 Å². The van der Waals surface area contributed by atoms with Crippen LogP contribution in [0.1, 0.15) is 11.7 Å². The van der Waals surface area contributed by atoms with Gasteiger partial charge in [0.05, 0.1) is 30.5 Å². The van der Waals surface area contributed by atoms with Crippen LogP contribution in [-0.4, -0.2) is 39.8 Å². The van der Waals surface area contributed by atoms with Crippen molar-refractivity contribution in [1.82, 2.24) is 0 Å². The zero-order valence-electron chi connectivity index (χ0n) is 10.3. The maximum Gasteiger partial charge on any atom is 0.150 e. The molecule has 0 aliphatic rings. The SMILES string of the molecule is COc1cc(C(O)CS(C)(=O)=O)c(OC)cc1Br. The number of halogens is 1. The van der Waals surface area contributed by atoms with E-state index in [9.17, 15) is 13.5 Å². The molecule has 1 atom stereocenters. The van der Waals surface area contributed by atoms with Gasteiger partial charge in [0.1, 0.15) is 21.3 Å². The Morgan fingerprint density at radius 3 is 2.28 bits per heavy atom. The fourth-order valence-electron chi connectivity index (χ4n) is 1.52. The van der Waals surface area contributed by atoms with Crippen molar-refractivity contribution in [3.05, 3.63) is 22.2 Å².